The van der Waals surface area contributed by atoms with Gasteiger partial charge in [-0.3, -0.25) is 10.1 Å². The third kappa shape index (κ3) is 4.16. The van der Waals surface area contributed by atoms with E-state index in [0.717, 1.165) is 57.4 Å². The highest BCUT2D eigenvalue weighted by molar-refractivity contribution is 5.80. The van der Waals surface area contributed by atoms with E-state index in [1.54, 1.807) is 18.3 Å². The number of non-ortho nitro benzene ring substituents is 1. The van der Waals surface area contributed by atoms with Gasteiger partial charge in [0.15, 0.2) is 0 Å². The summed E-state index contributed by atoms with van der Waals surface area (Å²) in [5, 5.41) is 14.9. The van der Waals surface area contributed by atoms with Gasteiger partial charge < -0.3 is 9.80 Å². The Hall–Kier alpha value is -3.30. The number of aromatic nitrogens is 3. The Morgan fingerprint density at radius 3 is 1.96 bits per heavy atom. The van der Waals surface area contributed by atoms with E-state index in [2.05, 4.69) is 35.3 Å². The second-order valence-corrected chi connectivity index (χ2v) is 6.87. The summed E-state index contributed by atoms with van der Waals surface area (Å²) in [5.41, 5.74) is 3.67. The fourth-order valence-corrected chi connectivity index (χ4v) is 3.37. The monoisotopic (exact) mass is 382 g/mol. The molecule has 3 heterocycles. The second-order valence-electron chi connectivity index (χ2n) is 6.87. The molecule has 0 saturated carbocycles. The topological polar surface area (TPSA) is 113 Å². The first-order chi connectivity index (χ1) is 13.7. The van der Waals surface area contributed by atoms with Gasteiger partial charge in [-0.25, -0.2) is 5.43 Å². The Kier molecular flexibility index (Phi) is 5.27. The largest absolute Gasteiger partial charge is 0.341 e. The van der Waals surface area contributed by atoms with Gasteiger partial charge >= 0.3 is 0 Å². The summed E-state index contributed by atoms with van der Waals surface area (Å²) in [7, 11) is 0. The molecule has 1 N–H and O–H groups in total. The number of hydrogen-bond acceptors (Lipinski definition) is 9. The molecule has 0 radical (unpaired) electrons. The Morgan fingerprint density at radius 1 is 0.929 bits per heavy atom. The molecule has 2 aromatic rings. The standard InChI is InChI=1S/C18H22N8O2/c27-26(28)15-7-5-14(6-8-15)13-19-23-16-20-17(24-9-1-2-10-24)22-18(21-16)25-11-3-4-12-25/h5-8,13H,1-4,9-12H2,(H,20,21,22,23)/b19-13-. The van der Waals surface area contributed by atoms with Gasteiger partial charge in [0.1, 0.15) is 0 Å². The lowest BCUT2D eigenvalue weighted by atomic mass is 10.2. The predicted molar refractivity (Wildman–Crippen MR) is 107 cm³/mol. The summed E-state index contributed by atoms with van der Waals surface area (Å²) in [5.74, 6) is 1.77. The number of nitrogens with zero attached hydrogens (tertiary/aromatic N) is 7. The summed E-state index contributed by atoms with van der Waals surface area (Å²) >= 11 is 0. The normalized spacial score (nSPS) is 16.9. The first kappa shape index (κ1) is 18.1. The molecular formula is C18H22N8O2. The molecule has 10 nitrogen and oxygen atoms in total. The van der Waals surface area contributed by atoms with Gasteiger partial charge in [0.2, 0.25) is 17.8 Å². The molecular weight excluding hydrogens is 360 g/mol. The molecule has 1 aromatic heterocycles. The number of hydrazone groups is 1. The fraction of sp³-hybridized carbons (Fsp3) is 0.444. The Bertz CT molecular complexity index is 824. The molecule has 2 fully saturated rings. The lowest BCUT2D eigenvalue weighted by molar-refractivity contribution is -0.384. The molecule has 0 spiro atoms. The molecule has 2 saturated heterocycles. The van der Waals surface area contributed by atoms with Crippen molar-refractivity contribution in [1.29, 1.82) is 0 Å². The van der Waals surface area contributed by atoms with Gasteiger partial charge in [0, 0.05) is 38.3 Å². The Morgan fingerprint density at radius 2 is 1.46 bits per heavy atom. The van der Waals surface area contributed by atoms with Crippen LogP contribution in [0.4, 0.5) is 23.5 Å². The molecule has 28 heavy (non-hydrogen) atoms. The number of rotatable bonds is 6. The zero-order chi connectivity index (χ0) is 19.3. The molecule has 2 aliphatic heterocycles. The summed E-state index contributed by atoms with van der Waals surface area (Å²) < 4.78 is 0. The van der Waals surface area contributed by atoms with Crippen molar-refractivity contribution in [2.24, 2.45) is 5.10 Å². The number of benzene rings is 1. The summed E-state index contributed by atoms with van der Waals surface area (Å²) in [6, 6.07) is 6.17. The van der Waals surface area contributed by atoms with Gasteiger partial charge in [-0.1, -0.05) is 0 Å². The predicted octanol–water partition coefficient (Wildman–Crippen LogP) is 2.43. The molecule has 2 aliphatic rings. The molecule has 4 rings (SSSR count). The van der Waals surface area contributed by atoms with E-state index in [0.29, 0.717) is 17.8 Å². The number of hydrogen-bond donors (Lipinski definition) is 1. The lowest BCUT2D eigenvalue weighted by Gasteiger charge is -2.20. The van der Waals surface area contributed by atoms with Crippen LogP contribution in [-0.2, 0) is 0 Å². The molecule has 0 bridgehead atoms. The van der Waals surface area contributed by atoms with E-state index in [1.807, 2.05) is 0 Å². The van der Waals surface area contributed by atoms with Crippen molar-refractivity contribution in [2.75, 3.05) is 41.4 Å². The van der Waals surface area contributed by atoms with Crippen LogP contribution in [0.1, 0.15) is 31.2 Å². The number of nitrogens with one attached hydrogen (secondary N) is 1. The zero-order valence-electron chi connectivity index (χ0n) is 15.5. The maximum absolute atomic E-state index is 10.7. The summed E-state index contributed by atoms with van der Waals surface area (Å²) in [6.45, 7) is 3.81. The van der Waals surface area contributed by atoms with E-state index < -0.39 is 4.92 Å². The SMILES string of the molecule is O=[N+]([O-])c1ccc(/C=N\Nc2nc(N3CCCC3)nc(N3CCCC3)n2)cc1. The van der Waals surface area contributed by atoms with Crippen LogP contribution < -0.4 is 15.2 Å². The first-order valence-corrected chi connectivity index (χ1v) is 9.48. The van der Waals surface area contributed by atoms with Crippen LogP contribution in [-0.4, -0.2) is 52.3 Å². The van der Waals surface area contributed by atoms with E-state index in [9.17, 15) is 10.1 Å². The maximum atomic E-state index is 10.7. The second kappa shape index (κ2) is 8.15. The van der Waals surface area contributed by atoms with Crippen molar-refractivity contribution >= 4 is 29.7 Å². The summed E-state index contributed by atoms with van der Waals surface area (Å²) in [6.07, 6.45) is 6.16. The minimum Gasteiger partial charge on any atom is -0.341 e. The maximum Gasteiger partial charge on any atom is 0.269 e. The van der Waals surface area contributed by atoms with Crippen molar-refractivity contribution in [2.45, 2.75) is 25.7 Å². The third-order valence-electron chi connectivity index (χ3n) is 4.87. The molecule has 1 aromatic carbocycles. The van der Waals surface area contributed by atoms with Crippen LogP contribution in [0.2, 0.25) is 0 Å². The Balaban J connectivity index is 1.51. The average molecular weight is 382 g/mol. The average Bonchev–Trinajstić information content (AvgIpc) is 3.42. The van der Waals surface area contributed by atoms with Crippen LogP contribution in [0.3, 0.4) is 0 Å². The van der Waals surface area contributed by atoms with E-state index in [1.165, 1.54) is 12.1 Å². The highest BCUT2D eigenvalue weighted by atomic mass is 16.6. The van der Waals surface area contributed by atoms with Gasteiger partial charge in [-0.2, -0.15) is 20.1 Å². The van der Waals surface area contributed by atoms with Crippen LogP contribution in [0.25, 0.3) is 0 Å². The van der Waals surface area contributed by atoms with E-state index >= 15 is 0 Å². The van der Waals surface area contributed by atoms with Gasteiger partial charge in [-0.15, -0.1) is 0 Å². The van der Waals surface area contributed by atoms with E-state index in [-0.39, 0.29) is 5.69 Å². The number of nitro benzene ring substituents is 1. The molecule has 0 unspecified atom stereocenters. The van der Waals surface area contributed by atoms with Gasteiger partial charge in [0.05, 0.1) is 11.1 Å². The molecule has 0 atom stereocenters. The smallest absolute Gasteiger partial charge is 0.269 e. The van der Waals surface area contributed by atoms with Crippen molar-refractivity contribution in [3.05, 3.63) is 39.9 Å². The molecule has 0 aliphatic carbocycles. The van der Waals surface area contributed by atoms with Crippen molar-refractivity contribution in [3.63, 3.8) is 0 Å². The number of anilines is 3. The van der Waals surface area contributed by atoms with Crippen LogP contribution in [0.15, 0.2) is 29.4 Å². The van der Waals surface area contributed by atoms with Gasteiger partial charge in [-0.05, 0) is 43.4 Å². The fourth-order valence-electron chi connectivity index (χ4n) is 3.37. The minimum absolute atomic E-state index is 0.0492. The minimum atomic E-state index is -0.427. The van der Waals surface area contributed by atoms with Crippen LogP contribution >= 0.6 is 0 Å². The first-order valence-electron chi connectivity index (χ1n) is 9.48. The number of nitro groups is 1. The zero-order valence-corrected chi connectivity index (χ0v) is 15.5. The quantitative estimate of drug-likeness (QED) is 0.460. The van der Waals surface area contributed by atoms with Gasteiger partial charge in [0.25, 0.3) is 5.69 Å². The lowest BCUT2D eigenvalue weighted by Crippen LogP contribution is -2.25. The van der Waals surface area contributed by atoms with Crippen molar-refractivity contribution < 1.29 is 4.92 Å². The van der Waals surface area contributed by atoms with Crippen molar-refractivity contribution in [3.8, 4) is 0 Å². The Labute approximate surface area is 162 Å². The van der Waals surface area contributed by atoms with Crippen LogP contribution in [0, 0.1) is 10.1 Å². The highest BCUT2D eigenvalue weighted by Crippen LogP contribution is 2.22. The molecule has 146 valence electrons. The van der Waals surface area contributed by atoms with Crippen molar-refractivity contribution in [1.82, 2.24) is 15.0 Å². The summed E-state index contributed by atoms with van der Waals surface area (Å²) in [4.78, 5) is 28.3. The molecule has 10 heteroatoms. The van der Waals surface area contributed by atoms with Crippen LogP contribution in [0.5, 0.6) is 0 Å². The van der Waals surface area contributed by atoms with E-state index in [4.69, 9.17) is 0 Å². The molecule has 0 amide bonds. The third-order valence-corrected chi connectivity index (χ3v) is 4.87. The highest BCUT2D eigenvalue weighted by Gasteiger charge is 2.21.